The Kier molecular flexibility index (Phi) is 14.4. The summed E-state index contributed by atoms with van der Waals surface area (Å²) in [4.78, 5) is 10.7. The first-order chi connectivity index (χ1) is 9.18. The highest BCUT2D eigenvalue weighted by atomic mass is 32.1. The van der Waals surface area contributed by atoms with E-state index < -0.39 is 11.2 Å². The fraction of sp³-hybridized carbons (Fsp3) is 0.938. The summed E-state index contributed by atoms with van der Waals surface area (Å²) in [5.74, 6) is 0. The van der Waals surface area contributed by atoms with E-state index in [4.69, 9.17) is 0 Å². The molecule has 0 fully saturated rings. The maximum absolute atomic E-state index is 10.7. The molecule has 0 aliphatic heterocycles. The van der Waals surface area contributed by atoms with E-state index in [-0.39, 0.29) is 0 Å². The molecule has 19 heavy (non-hydrogen) atoms. The molecule has 0 radical (unpaired) electrons. The van der Waals surface area contributed by atoms with Crippen molar-refractivity contribution in [3.63, 3.8) is 0 Å². The summed E-state index contributed by atoms with van der Waals surface area (Å²) in [6.45, 7) is 2.26. The van der Waals surface area contributed by atoms with Gasteiger partial charge in [0.25, 0.3) is 0 Å². The molecule has 0 aliphatic carbocycles. The number of hydrogen-bond acceptors (Lipinski definition) is 2. The van der Waals surface area contributed by atoms with Gasteiger partial charge in [0.1, 0.15) is 6.10 Å². The second kappa shape index (κ2) is 14.4. The molecule has 0 saturated carbocycles. The second-order valence-corrected chi connectivity index (χ2v) is 5.97. The molecule has 0 saturated heterocycles. The molecule has 0 aromatic carbocycles. The fourth-order valence-corrected chi connectivity index (χ4v) is 2.43. The van der Waals surface area contributed by atoms with Crippen LogP contribution in [0.4, 0.5) is 0 Å². The number of thiol groups is 1. The quantitative estimate of drug-likeness (QED) is 0.352. The lowest BCUT2D eigenvalue weighted by Gasteiger charge is -2.05. The van der Waals surface area contributed by atoms with Gasteiger partial charge in [-0.2, -0.15) is 0 Å². The lowest BCUT2D eigenvalue weighted by atomic mass is 10.0. The third kappa shape index (κ3) is 14.2. The van der Waals surface area contributed by atoms with Crippen molar-refractivity contribution in [3.05, 3.63) is 0 Å². The van der Waals surface area contributed by atoms with Crippen molar-refractivity contribution < 1.29 is 9.90 Å². The van der Waals surface area contributed by atoms with Crippen LogP contribution in [0, 0.1) is 0 Å². The highest BCUT2D eigenvalue weighted by molar-refractivity contribution is 7.96. The Labute approximate surface area is 124 Å². The van der Waals surface area contributed by atoms with Crippen molar-refractivity contribution in [2.24, 2.45) is 0 Å². The molecule has 2 nitrogen and oxygen atoms in total. The number of carbonyl (C=O) groups excluding carboxylic acids is 1. The summed E-state index contributed by atoms with van der Waals surface area (Å²) in [5.41, 5.74) is 0. The van der Waals surface area contributed by atoms with Crippen molar-refractivity contribution in [3.8, 4) is 0 Å². The highest BCUT2D eigenvalue weighted by Crippen LogP contribution is 2.13. The molecule has 0 heterocycles. The average molecular weight is 288 g/mol. The minimum atomic E-state index is -0.855. The minimum Gasteiger partial charge on any atom is -0.384 e. The number of aliphatic hydroxyl groups excluding tert-OH is 1. The molecule has 0 rings (SSSR count). The zero-order valence-corrected chi connectivity index (χ0v) is 13.5. The van der Waals surface area contributed by atoms with E-state index in [1.54, 1.807) is 0 Å². The SMILES string of the molecule is CCCCCCCCCCCCCCC(O)C(=O)S. The monoisotopic (exact) mass is 288 g/mol. The maximum atomic E-state index is 10.7. The predicted molar refractivity (Wildman–Crippen MR) is 85.7 cm³/mol. The Morgan fingerprint density at radius 2 is 1.21 bits per heavy atom. The summed E-state index contributed by atoms with van der Waals surface area (Å²) in [6.07, 6.45) is 15.3. The molecule has 3 heteroatoms. The molecular weight excluding hydrogens is 256 g/mol. The van der Waals surface area contributed by atoms with Gasteiger partial charge < -0.3 is 5.11 Å². The Balaban J connectivity index is 3.05. The Morgan fingerprint density at radius 3 is 1.58 bits per heavy atom. The van der Waals surface area contributed by atoms with E-state index in [1.165, 1.54) is 64.2 Å². The van der Waals surface area contributed by atoms with Crippen LogP contribution < -0.4 is 0 Å². The van der Waals surface area contributed by atoms with Crippen LogP contribution in [0.15, 0.2) is 0 Å². The molecule has 0 aromatic rings. The Morgan fingerprint density at radius 1 is 0.842 bits per heavy atom. The van der Waals surface area contributed by atoms with Crippen LogP contribution in [0.2, 0.25) is 0 Å². The minimum absolute atomic E-state index is 0.400. The highest BCUT2D eigenvalue weighted by Gasteiger charge is 2.09. The van der Waals surface area contributed by atoms with Gasteiger partial charge in [-0.15, -0.1) is 12.6 Å². The van der Waals surface area contributed by atoms with Gasteiger partial charge in [-0.1, -0.05) is 84.0 Å². The average Bonchev–Trinajstić information content (AvgIpc) is 2.39. The normalized spacial score (nSPS) is 12.6. The van der Waals surface area contributed by atoms with E-state index >= 15 is 0 Å². The van der Waals surface area contributed by atoms with Crippen molar-refractivity contribution >= 4 is 17.7 Å². The molecule has 0 bridgehead atoms. The van der Waals surface area contributed by atoms with Gasteiger partial charge in [0, 0.05) is 0 Å². The van der Waals surface area contributed by atoms with E-state index in [0.717, 1.165) is 12.8 Å². The molecule has 0 spiro atoms. The predicted octanol–water partition coefficient (Wildman–Crippen LogP) is 4.89. The first-order valence-corrected chi connectivity index (χ1v) is 8.54. The first-order valence-electron chi connectivity index (χ1n) is 8.09. The first kappa shape index (κ1) is 19.0. The van der Waals surface area contributed by atoms with Crippen molar-refractivity contribution in [2.75, 3.05) is 0 Å². The smallest absolute Gasteiger partial charge is 0.214 e. The van der Waals surface area contributed by atoms with Crippen LogP contribution in [-0.4, -0.2) is 16.3 Å². The summed E-state index contributed by atoms with van der Waals surface area (Å²) in [6, 6.07) is 0. The largest absolute Gasteiger partial charge is 0.384 e. The summed E-state index contributed by atoms with van der Waals surface area (Å²) in [7, 11) is 0. The fourth-order valence-electron chi connectivity index (χ4n) is 2.30. The summed E-state index contributed by atoms with van der Waals surface area (Å²) < 4.78 is 0. The van der Waals surface area contributed by atoms with Gasteiger partial charge in [0.15, 0.2) is 0 Å². The summed E-state index contributed by atoms with van der Waals surface area (Å²) >= 11 is 3.62. The molecular formula is C16H32O2S. The maximum Gasteiger partial charge on any atom is 0.214 e. The van der Waals surface area contributed by atoms with E-state index in [2.05, 4.69) is 19.6 Å². The molecule has 0 aromatic heterocycles. The van der Waals surface area contributed by atoms with Crippen molar-refractivity contribution in [1.29, 1.82) is 0 Å². The lowest BCUT2D eigenvalue weighted by Crippen LogP contribution is -2.14. The number of hydrogen-bond donors (Lipinski definition) is 2. The molecule has 1 atom stereocenters. The van der Waals surface area contributed by atoms with Crippen LogP contribution in [0.3, 0.4) is 0 Å². The van der Waals surface area contributed by atoms with Gasteiger partial charge >= 0.3 is 0 Å². The van der Waals surface area contributed by atoms with Crippen LogP contribution >= 0.6 is 12.6 Å². The van der Waals surface area contributed by atoms with Crippen LogP contribution in [0.25, 0.3) is 0 Å². The number of aliphatic hydroxyl groups is 1. The third-order valence-electron chi connectivity index (χ3n) is 3.62. The number of carbonyl (C=O) groups is 1. The van der Waals surface area contributed by atoms with Crippen LogP contribution in [0.5, 0.6) is 0 Å². The second-order valence-electron chi connectivity index (χ2n) is 5.53. The Hall–Kier alpha value is -0.0200. The van der Waals surface area contributed by atoms with Gasteiger partial charge in [0.05, 0.1) is 0 Å². The number of unbranched alkanes of at least 4 members (excludes halogenated alkanes) is 11. The van der Waals surface area contributed by atoms with Crippen LogP contribution in [-0.2, 0) is 4.79 Å². The molecule has 0 amide bonds. The zero-order valence-electron chi connectivity index (χ0n) is 12.6. The van der Waals surface area contributed by atoms with Crippen LogP contribution in [0.1, 0.15) is 90.4 Å². The zero-order chi connectivity index (χ0) is 14.3. The van der Waals surface area contributed by atoms with Crippen molar-refractivity contribution in [2.45, 2.75) is 96.5 Å². The molecule has 1 N–H and O–H groups in total. The van der Waals surface area contributed by atoms with Gasteiger partial charge in [-0.05, 0) is 6.42 Å². The molecule has 0 aliphatic rings. The van der Waals surface area contributed by atoms with Gasteiger partial charge in [-0.3, -0.25) is 4.79 Å². The van der Waals surface area contributed by atoms with E-state index in [1.807, 2.05) is 0 Å². The number of rotatable bonds is 14. The van der Waals surface area contributed by atoms with E-state index in [0.29, 0.717) is 6.42 Å². The van der Waals surface area contributed by atoms with Crippen molar-refractivity contribution in [1.82, 2.24) is 0 Å². The van der Waals surface area contributed by atoms with Gasteiger partial charge in [-0.25, -0.2) is 0 Å². The Bertz CT molecular complexity index is 207. The molecule has 1 unspecified atom stereocenters. The standard InChI is InChI=1S/C16H32O2S/c1-2-3-4-5-6-7-8-9-10-11-12-13-14-15(17)16(18)19/h15,17H,2-14H2,1H3,(H,18,19). The topological polar surface area (TPSA) is 37.3 Å². The van der Waals surface area contributed by atoms with Gasteiger partial charge in [0.2, 0.25) is 5.12 Å². The lowest BCUT2D eigenvalue weighted by molar-refractivity contribution is -0.118. The molecule has 114 valence electrons. The summed E-state index contributed by atoms with van der Waals surface area (Å²) in [5, 5.41) is 8.86. The third-order valence-corrected chi connectivity index (χ3v) is 3.91. The van der Waals surface area contributed by atoms with E-state index in [9.17, 15) is 9.90 Å².